The minimum atomic E-state index is -0.296. The van der Waals surface area contributed by atoms with Crippen molar-refractivity contribution in [3.05, 3.63) is 28.2 Å². The largest absolute Gasteiger partial charge is 0.382 e. The Labute approximate surface area is 123 Å². The van der Waals surface area contributed by atoms with Crippen molar-refractivity contribution in [2.45, 2.75) is 37.5 Å². The van der Waals surface area contributed by atoms with E-state index in [-0.39, 0.29) is 5.79 Å². The number of benzene rings is 1. The van der Waals surface area contributed by atoms with Crippen molar-refractivity contribution in [3.8, 4) is 0 Å². The number of hydrogen-bond acceptors (Lipinski definition) is 3. The highest BCUT2D eigenvalue weighted by Gasteiger charge is 2.40. The van der Waals surface area contributed by atoms with Crippen LogP contribution in [0, 0.1) is 0 Å². The van der Waals surface area contributed by atoms with Crippen molar-refractivity contribution in [1.82, 2.24) is 0 Å². The summed E-state index contributed by atoms with van der Waals surface area (Å²) in [5.74, 6) is -0.296. The van der Waals surface area contributed by atoms with Gasteiger partial charge in [-0.1, -0.05) is 23.2 Å². The molecular formula is C14H17Cl2NO2. The van der Waals surface area contributed by atoms with Crippen molar-refractivity contribution >= 4 is 28.9 Å². The fourth-order valence-corrected chi connectivity index (χ4v) is 3.11. The standard InChI is InChI=1S/C14H17Cl2NO2/c15-12-2-1-11(9-13(12)16)17-10-3-5-14(6-4-10)18-7-8-19-14/h1-2,9-10,17H,3-8H2. The third-order valence-corrected chi connectivity index (χ3v) is 4.59. The second kappa shape index (κ2) is 5.49. The highest BCUT2D eigenvalue weighted by Crippen LogP contribution is 2.37. The summed E-state index contributed by atoms with van der Waals surface area (Å²) >= 11 is 11.9. The van der Waals surface area contributed by atoms with Crippen molar-refractivity contribution in [3.63, 3.8) is 0 Å². The average molecular weight is 302 g/mol. The molecule has 19 heavy (non-hydrogen) atoms. The van der Waals surface area contributed by atoms with Gasteiger partial charge >= 0.3 is 0 Å². The van der Waals surface area contributed by atoms with Crippen molar-refractivity contribution in [2.24, 2.45) is 0 Å². The summed E-state index contributed by atoms with van der Waals surface area (Å²) in [7, 11) is 0. The number of nitrogens with one attached hydrogen (secondary N) is 1. The minimum absolute atomic E-state index is 0.296. The van der Waals surface area contributed by atoms with E-state index in [4.69, 9.17) is 32.7 Å². The predicted octanol–water partition coefficient (Wildman–Crippen LogP) is 4.09. The van der Waals surface area contributed by atoms with E-state index < -0.39 is 0 Å². The molecule has 3 rings (SSSR count). The molecule has 1 N–H and O–H groups in total. The van der Waals surface area contributed by atoms with Gasteiger partial charge in [0.05, 0.1) is 23.3 Å². The van der Waals surface area contributed by atoms with Gasteiger partial charge in [-0.15, -0.1) is 0 Å². The maximum Gasteiger partial charge on any atom is 0.168 e. The lowest BCUT2D eigenvalue weighted by atomic mass is 9.90. The Morgan fingerprint density at radius 3 is 2.37 bits per heavy atom. The molecule has 1 heterocycles. The van der Waals surface area contributed by atoms with Gasteiger partial charge in [0.1, 0.15) is 0 Å². The molecule has 0 atom stereocenters. The van der Waals surface area contributed by atoms with E-state index >= 15 is 0 Å². The zero-order chi connectivity index (χ0) is 13.3. The average Bonchev–Trinajstić information content (AvgIpc) is 2.86. The lowest BCUT2D eigenvalue weighted by Crippen LogP contribution is -2.39. The van der Waals surface area contributed by atoms with Crippen LogP contribution in [0.3, 0.4) is 0 Å². The number of anilines is 1. The lowest BCUT2D eigenvalue weighted by Gasteiger charge is -2.36. The third kappa shape index (κ3) is 3.00. The van der Waals surface area contributed by atoms with Crippen LogP contribution in [0.1, 0.15) is 25.7 Å². The van der Waals surface area contributed by atoms with Gasteiger partial charge in [-0.05, 0) is 31.0 Å². The first kappa shape index (κ1) is 13.5. The van der Waals surface area contributed by atoms with Crippen LogP contribution in [0.4, 0.5) is 5.69 Å². The van der Waals surface area contributed by atoms with Crippen LogP contribution >= 0.6 is 23.2 Å². The monoisotopic (exact) mass is 301 g/mol. The minimum Gasteiger partial charge on any atom is -0.382 e. The van der Waals surface area contributed by atoms with Gasteiger partial charge in [-0.3, -0.25) is 0 Å². The molecule has 2 fully saturated rings. The van der Waals surface area contributed by atoms with Crippen molar-refractivity contribution in [2.75, 3.05) is 18.5 Å². The van der Waals surface area contributed by atoms with Crippen LogP contribution in [0.2, 0.25) is 10.0 Å². The smallest absolute Gasteiger partial charge is 0.168 e. The van der Waals surface area contributed by atoms with E-state index in [0.717, 1.165) is 44.6 Å². The van der Waals surface area contributed by atoms with Gasteiger partial charge in [0.2, 0.25) is 0 Å². The summed E-state index contributed by atoms with van der Waals surface area (Å²) in [4.78, 5) is 0. The quantitative estimate of drug-likeness (QED) is 0.892. The molecule has 0 aromatic heterocycles. The Morgan fingerprint density at radius 1 is 1.05 bits per heavy atom. The van der Waals surface area contributed by atoms with Crippen LogP contribution in [0.5, 0.6) is 0 Å². The Hall–Kier alpha value is -0.480. The summed E-state index contributed by atoms with van der Waals surface area (Å²) < 4.78 is 11.5. The highest BCUT2D eigenvalue weighted by molar-refractivity contribution is 6.42. The molecule has 1 aromatic carbocycles. The first-order valence-electron chi connectivity index (χ1n) is 6.66. The summed E-state index contributed by atoms with van der Waals surface area (Å²) in [6.07, 6.45) is 3.98. The number of hydrogen-bond donors (Lipinski definition) is 1. The van der Waals surface area contributed by atoms with Crippen molar-refractivity contribution < 1.29 is 9.47 Å². The Bertz CT molecular complexity index is 451. The molecule has 0 amide bonds. The Balaban J connectivity index is 1.58. The van der Waals surface area contributed by atoms with E-state index in [1.165, 1.54) is 0 Å². The molecule has 1 saturated heterocycles. The first-order chi connectivity index (χ1) is 9.17. The molecular weight excluding hydrogens is 285 g/mol. The van der Waals surface area contributed by atoms with E-state index in [1.807, 2.05) is 18.2 Å². The Kier molecular flexibility index (Phi) is 3.90. The SMILES string of the molecule is Clc1ccc(NC2CCC3(CC2)OCCO3)cc1Cl. The molecule has 1 aromatic rings. The van der Waals surface area contributed by atoms with Gasteiger partial charge in [0.25, 0.3) is 0 Å². The van der Waals surface area contributed by atoms with E-state index in [9.17, 15) is 0 Å². The van der Waals surface area contributed by atoms with Crippen LogP contribution in [-0.4, -0.2) is 25.0 Å². The Morgan fingerprint density at radius 2 is 1.74 bits per heavy atom. The summed E-state index contributed by atoms with van der Waals surface area (Å²) in [5.41, 5.74) is 1.02. The van der Waals surface area contributed by atoms with Crippen LogP contribution in [0.15, 0.2) is 18.2 Å². The van der Waals surface area contributed by atoms with E-state index in [0.29, 0.717) is 16.1 Å². The number of rotatable bonds is 2. The van der Waals surface area contributed by atoms with Gasteiger partial charge in [0.15, 0.2) is 5.79 Å². The van der Waals surface area contributed by atoms with E-state index in [1.54, 1.807) is 0 Å². The molecule has 1 aliphatic heterocycles. The summed E-state index contributed by atoms with van der Waals surface area (Å²) in [5, 5.41) is 4.67. The second-order valence-electron chi connectivity index (χ2n) is 5.16. The zero-order valence-electron chi connectivity index (χ0n) is 10.6. The molecule has 0 bridgehead atoms. The molecule has 0 radical (unpaired) electrons. The van der Waals surface area contributed by atoms with Gasteiger partial charge < -0.3 is 14.8 Å². The van der Waals surface area contributed by atoms with E-state index in [2.05, 4.69) is 5.32 Å². The predicted molar refractivity (Wildman–Crippen MR) is 77.0 cm³/mol. The first-order valence-corrected chi connectivity index (χ1v) is 7.42. The zero-order valence-corrected chi connectivity index (χ0v) is 12.1. The van der Waals surface area contributed by atoms with Crippen LogP contribution < -0.4 is 5.32 Å². The van der Waals surface area contributed by atoms with Gasteiger partial charge in [-0.2, -0.15) is 0 Å². The second-order valence-corrected chi connectivity index (χ2v) is 5.97. The summed E-state index contributed by atoms with van der Waals surface area (Å²) in [6, 6.07) is 6.09. The summed E-state index contributed by atoms with van der Waals surface area (Å²) in [6.45, 7) is 1.45. The highest BCUT2D eigenvalue weighted by atomic mass is 35.5. The van der Waals surface area contributed by atoms with Crippen LogP contribution in [-0.2, 0) is 9.47 Å². The van der Waals surface area contributed by atoms with Crippen molar-refractivity contribution in [1.29, 1.82) is 0 Å². The third-order valence-electron chi connectivity index (χ3n) is 3.85. The number of ether oxygens (including phenoxy) is 2. The van der Waals surface area contributed by atoms with Gasteiger partial charge in [-0.25, -0.2) is 0 Å². The molecule has 0 unspecified atom stereocenters. The molecule has 1 aliphatic carbocycles. The maximum absolute atomic E-state index is 6.02. The lowest BCUT2D eigenvalue weighted by molar-refractivity contribution is -0.177. The molecule has 104 valence electrons. The fourth-order valence-electron chi connectivity index (χ4n) is 2.81. The molecule has 3 nitrogen and oxygen atoms in total. The van der Waals surface area contributed by atoms with Gasteiger partial charge in [0, 0.05) is 24.6 Å². The molecule has 1 saturated carbocycles. The number of halogens is 2. The molecule has 1 spiro atoms. The maximum atomic E-state index is 6.02. The fraction of sp³-hybridized carbons (Fsp3) is 0.571. The molecule has 2 aliphatic rings. The normalized spacial score (nSPS) is 22.8. The topological polar surface area (TPSA) is 30.5 Å². The van der Waals surface area contributed by atoms with Crippen LogP contribution in [0.25, 0.3) is 0 Å². The molecule has 5 heteroatoms.